The zero-order valence-electron chi connectivity index (χ0n) is 16.0. The minimum absolute atomic E-state index is 0.241. The molecule has 1 aromatic carbocycles. The number of nitrogens with one attached hydrogen (secondary N) is 1. The highest BCUT2D eigenvalue weighted by Crippen LogP contribution is 2.33. The molecule has 4 rings (SSSR count). The summed E-state index contributed by atoms with van der Waals surface area (Å²) in [6, 6.07) is 11.1. The molecule has 0 atom stereocenters. The summed E-state index contributed by atoms with van der Waals surface area (Å²) in [4.78, 5) is 20.0. The van der Waals surface area contributed by atoms with Gasteiger partial charge in [0.25, 0.3) is 11.6 Å². The van der Waals surface area contributed by atoms with Crippen molar-refractivity contribution in [2.24, 2.45) is 0 Å². The number of nitrogens with zero attached hydrogens (tertiary/aromatic N) is 2. The van der Waals surface area contributed by atoms with Crippen molar-refractivity contribution >= 4 is 34.0 Å². The predicted molar refractivity (Wildman–Crippen MR) is 110 cm³/mol. The van der Waals surface area contributed by atoms with Gasteiger partial charge < -0.3 is 14.6 Å². The van der Waals surface area contributed by atoms with E-state index in [9.17, 15) is 4.79 Å². The summed E-state index contributed by atoms with van der Waals surface area (Å²) in [5.41, 5.74) is 3.85. The maximum absolute atomic E-state index is 13.1. The highest BCUT2D eigenvalue weighted by molar-refractivity contribution is 7.12. The molecule has 3 heterocycles. The molecule has 0 unspecified atom stereocenters. The summed E-state index contributed by atoms with van der Waals surface area (Å²) in [6.07, 6.45) is 0. The smallest absolute Gasteiger partial charge is 0.259 e. The van der Waals surface area contributed by atoms with E-state index < -0.39 is 0 Å². The second kappa shape index (κ2) is 7.09. The number of methoxy groups -OCH3 is 1. The molecule has 142 valence electrons. The summed E-state index contributed by atoms with van der Waals surface area (Å²) in [6.45, 7) is 5.90. The number of ether oxygens (including phenoxy) is 1. The molecule has 0 bridgehead atoms. The topological polar surface area (TPSA) is 77.2 Å². The summed E-state index contributed by atoms with van der Waals surface area (Å²) in [5, 5.41) is 7.55. The number of pyridine rings is 1. The molecular formula is C21H19N3O3S. The molecular weight excluding hydrogens is 374 g/mol. The summed E-state index contributed by atoms with van der Waals surface area (Å²) < 4.78 is 10.5. The fraction of sp³-hybridized carbons (Fsp3) is 0.190. The zero-order valence-corrected chi connectivity index (χ0v) is 16.8. The van der Waals surface area contributed by atoms with Gasteiger partial charge in [-0.05, 0) is 57.2 Å². The number of amides is 1. The normalized spacial score (nSPS) is 11.0. The van der Waals surface area contributed by atoms with Crippen LogP contribution in [0.15, 0.2) is 40.9 Å². The van der Waals surface area contributed by atoms with E-state index in [0.29, 0.717) is 33.7 Å². The van der Waals surface area contributed by atoms with E-state index in [1.807, 2.05) is 6.92 Å². The number of hydrogen-bond donors (Lipinski definition) is 1. The van der Waals surface area contributed by atoms with Crippen LogP contribution in [-0.4, -0.2) is 23.2 Å². The number of rotatable bonds is 4. The Kier molecular flexibility index (Phi) is 4.60. The Bertz CT molecular complexity index is 1180. The number of carbonyl (C=O) groups is 1. The van der Waals surface area contributed by atoms with Crippen LogP contribution in [-0.2, 0) is 0 Å². The Hall–Kier alpha value is -3.19. The summed E-state index contributed by atoms with van der Waals surface area (Å²) >= 11 is 1.70. The van der Waals surface area contributed by atoms with Gasteiger partial charge in [-0.2, -0.15) is 0 Å². The molecule has 0 radical (unpaired) electrons. The highest BCUT2D eigenvalue weighted by Gasteiger charge is 2.20. The highest BCUT2D eigenvalue weighted by atomic mass is 32.1. The van der Waals surface area contributed by atoms with E-state index in [4.69, 9.17) is 9.26 Å². The molecule has 4 aromatic rings. The fourth-order valence-corrected chi connectivity index (χ4v) is 4.10. The Morgan fingerprint density at radius 3 is 2.54 bits per heavy atom. The number of thiophene rings is 1. The quantitative estimate of drug-likeness (QED) is 0.520. The molecule has 7 heteroatoms. The van der Waals surface area contributed by atoms with Crippen LogP contribution in [0, 0.1) is 20.8 Å². The van der Waals surface area contributed by atoms with Crippen molar-refractivity contribution in [3.63, 3.8) is 0 Å². The second-order valence-electron chi connectivity index (χ2n) is 6.51. The van der Waals surface area contributed by atoms with Gasteiger partial charge in [0.1, 0.15) is 5.75 Å². The average Bonchev–Trinajstić information content (AvgIpc) is 3.23. The average molecular weight is 393 g/mol. The molecule has 1 N–H and O–H groups in total. The Morgan fingerprint density at radius 2 is 1.89 bits per heavy atom. The first kappa shape index (κ1) is 18.2. The number of aromatic nitrogens is 2. The van der Waals surface area contributed by atoms with E-state index in [1.165, 1.54) is 4.88 Å². The standard InChI is InChI=1S/C21H19N3O3S/c1-11-9-16(13(3)28-11)18-10-17(19-12(2)24-27-21(19)23-18)20(25)22-14-5-7-15(26-4)8-6-14/h5-10H,1-4H3,(H,22,25). The fourth-order valence-electron chi connectivity index (χ4n) is 3.17. The van der Waals surface area contributed by atoms with Crippen molar-refractivity contribution in [2.75, 3.05) is 12.4 Å². The molecule has 6 nitrogen and oxygen atoms in total. The lowest BCUT2D eigenvalue weighted by Gasteiger charge is -2.09. The third-order valence-corrected chi connectivity index (χ3v) is 5.49. The van der Waals surface area contributed by atoms with Gasteiger partial charge in [-0.15, -0.1) is 11.3 Å². The molecule has 0 saturated carbocycles. The number of aryl methyl sites for hydroxylation is 3. The lowest BCUT2D eigenvalue weighted by Crippen LogP contribution is -2.13. The molecule has 28 heavy (non-hydrogen) atoms. The third-order valence-electron chi connectivity index (χ3n) is 4.53. The first-order valence-corrected chi connectivity index (χ1v) is 9.57. The lowest BCUT2D eigenvalue weighted by molar-refractivity contribution is 0.102. The van der Waals surface area contributed by atoms with Crippen molar-refractivity contribution in [3.05, 3.63) is 57.4 Å². The third kappa shape index (κ3) is 3.25. The number of fused-ring (bicyclic) bond motifs is 1. The molecule has 0 saturated heterocycles. The Labute approximate surface area is 166 Å². The molecule has 3 aromatic heterocycles. The van der Waals surface area contributed by atoms with Crippen LogP contribution in [0.4, 0.5) is 5.69 Å². The minimum atomic E-state index is -0.241. The van der Waals surface area contributed by atoms with Crippen LogP contribution in [0.5, 0.6) is 5.75 Å². The van der Waals surface area contributed by atoms with Gasteiger partial charge in [-0.1, -0.05) is 5.16 Å². The van der Waals surface area contributed by atoms with Crippen LogP contribution >= 0.6 is 11.3 Å². The van der Waals surface area contributed by atoms with Gasteiger partial charge in [-0.25, -0.2) is 4.98 Å². The van der Waals surface area contributed by atoms with E-state index in [1.54, 1.807) is 55.7 Å². The minimum Gasteiger partial charge on any atom is -0.497 e. The molecule has 0 fully saturated rings. The van der Waals surface area contributed by atoms with E-state index >= 15 is 0 Å². The van der Waals surface area contributed by atoms with Gasteiger partial charge in [0.2, 0.25) is 0 Å². The maximum Gasteiger partial charge on any atom is 0.259 e. The van der Waals surface area contributed by atoms with E-state index in [0.717, 1.165) is 16.2 Å². The number of anilines is 1. The van der Waals surface area contributed by atoms with Crippen molar-refractivity contribution in [1.82, 2.24) is 10.1 Å². The van der Waals surface area contributed by atoms with Gasteiger partial charge in [0.05, 0.1) is 29.4 Å². The van der Waals surface area contributed by atoms with Crippen LogP contribution in [0.2, 0.25) is 0 Å². The zero-order chi connectivity index (χ0) is 19.8. The Balaban J connectivity index is 1.78. The predicted octanol–water partition coefficient (Wildman–Crippen LogP) is 5.14. The van der Waals surface area contributed by atoms with Crippen molar-refractivity contribution in [3.8, 4) is 17.0 Å². The monoisotopic (exact) mass is 393 g/mol. The Morgan fingerprint density at radius 1 is 1.14 bits per heavy atom. The molecule has 1 amide bonds. The first-order chi connectivity index (χ1) is 13.5. The van der Waals surface area contributed by atoms with Gasteiger partial charge in [0.15, 0.2) is 0 Å². The summed E-state index contributed by atoms with van der Waals surface area (Å²) in [5.74, 6) is 0.486. The first-order valence-electron chi connectivity index (χ1n) is 8.76. The lowest BCUT2D eigenvalue weighted by atomic mass is 10.1. The number of hydrogen-bond acceptors (Lipinski definition) is 6. The van der Waals surface area contributed by atoms with Gasteiger partial charge in [0, 0.05) is 21.0 Å². The number of benzene rings is 1. The maximum atomic E-state index is 13.1. The van der Waals surface area contributed by atoms with Gasteiger partial charge >= 0.3 is 0 Å². The SMILES string of the molecule is COc1ccc(NC(=O)c2cc(-c3cc(C)sc3C)nc3onc(C)c23)cc1. The molecule has 0 spiro atoms. The van der Waals surface area contributed by atoms with Crippen LogP contribution in [0.1, 0.15) is 25.8 Å². The van der Waals surface area contributed by atoms with E-state index in [-0.39, 0.29) is 5.91 Å². The van der Waals surface area contributed by atoms with E-state index in [2.05, 4.69) is 28.4 Å². The molecule has 0 aliphatic rings. The van der Waals surface area contributed by atoms with Gasteiger partial charge in [-0.3, -0.25) is 4.79 Å². The molecule has 0 aliphatic heterocycles. The van der Waals surface area contributed by atoms with Crippen LogP contribution in [0.3, 0.4) is 0 Å². The van der Waals surface area contributed by atoms with Crippen molar-refractivity contribution < 1.29 is 14.1 Å². The largest absolute Gasteiger partial charge is 0.497 e. The van der Waals surface area contributed by atoms with Crippen molar-refractivity contribution in [1.29, 1.82) is 0 Å². The van der Waals surface area contributed by atoms with Crippen LogP contribution in [0.25, 0.3) is 22.4 Å². The molecule has 0 aliphatic carbocycles. The van der Waals surface area contributed by atoms with Crippen molar-refractivity contribution in [2.45, 2.75) is 20.8 Å². The number of carbonyl (C=O) groups excluding carboxylic acids is 1. The summed E-state index contributed by atoms with van der Waals surface area (Å²) in [7, 11) is 1.60. The van der Waals surface area contributed by atoms with Crippen LogP contribution < -0.4 is 10.1 Å². The second-order valence-corrected chi connectivity index (χ2v) is 7.97.